The Balaban J connectivity index is 1.55. The lowest BCUT2D eigenvalue weighted by molar-refractivity contribution is -0.0318. The number of hydrogen-bond donors (Lipinski definition) is 2. The molecule has 2 rings (SSSR count). The van der Waals surface area contributed by atoms with Gasteiger partial charge in [-0.2, -0.15) is 0 Å². The lowest BCUT2D eigenvalue weighted by atomic mass is 10.1. The van der Waals surface area contributed by atoms with E-state index in [4.69, 9.17) is 14.2 Å². The van der Waals surface area contributed by atoms with Gasteiger partial charge in [-0.15, -0.1) is 0 Å². The average Bonchev–Trinajstić information content (AvgIpc) is 2.63. The standard InChI is InChI=1S/C17H34N4O3/c1-2-18-17(20-7-8-21-9-14-23-15-10-21)19-6-3-11-24-16-4-12-22-13-5-16/h16H,2-15H2,1H3,(H2,18,19,20). The van der Waals surface area contributed by atoms with E-state index >= 15 is 0 Å². The molecule has 0 aromatic heterocycles. The van der Waals surface area contributed by atoms with Gasteiger partial charge in [-0.3, -0.25) is 9.89 Å². The van der Waals surface area contributed by atoms with Gasteiger partial charge in [-0.25, -0.2) is 0 Å². The predicted octanol–water partition coefficient (Wildman–Crippen LogP) is 0.459. The van der Waals surface area contributed by atoms with Crippen molar-refractivity contribution in [2.75, 3.05) is 72.3 Å². The molecule has 0 unspecified atom stereocenters. The minimum atomic E-state index is 0.377. The van der Waals surface area contributed by atoms with Gasteiger partial charge in [-0.1, -0.05) is 0 Å². The maximum absolute atomic E-state index is 5.88. The van der Waals surface area contributed by atoms with Crippen molar-refractivity contribution >= 4 is 5.96 Å². The van der Waals surface area contributed by atoms with Gasteiger partial charge in [0.25, 0.3) is 0 Å². The van der Waals surface area contributed by atoms with Gasteiger partial charge in [0, 0.05) is 59.1 Å². The zero-order chi connectivity index (χ0) is 16.9. The van der Waals surface area contributed by atoms with Crippen LogP contribution in [0.1, 0.15) is 26.2 Å². The smallest absolute Gasteiger partial charge is 0.191 e. The van der Waals surface area contributed by atoms with Crippen molar-refractivity contribution in [2.24, 2.45) is 4.99 Å². The number of ether oxygens (including phenoxy) is 3. The molecule has 0 spiro atoms. The Bertz CT molecular complexity index is 343. The summed E-state index contributed by atoms with van der Waals surface area (Å²) in [6.45, 7) is 11.9. The molecule has 0 aromatic rings. The molecule has 0 atom stereocenters. The first-order valence-corrected chi connectivity index (χ1v) is 9.40. The summed E-state index contributed by atoms with van der Waals surface area (Å²) in [6.07, 6.45) is 3.38. The number of rotatable bonds is 9. The minimum absolute atomic E-state index is 0.377. The fraction of sp³-hybridized carbons (Fsp3) is 0.941. The molecule has 0 bridgehead atoms. The Labute approximate surface area is 146 Å². The van der Waals surface area contributed by atoms with Gasteiger partial charge in [0.2, 0.25) is 0 Å². The van der Waals surface area contributed by atoms with E-state index in [9.17, 15) is 0 Å². The molecule has 2 aliphatic rings. The molecule has 0 saturated carbocycles. The van der Waals surface area contributed by atoms with Crippen LogP contribution in [0.15, 0.2) is 4.99 Å². The molecule has 140 valence electrons. The van der Waals surface area contributed by atoms with E-state index in [-0.39, 0.29) is 0 Å². The van der Waals surface area contributed by atoms with E-state index in [1.807, 2.05) is 0 Å². The maximum atomic E-state index is 5.88. The Hall–Kier alpha value is -0.890. The van der Waals surface area contributed by atoms with Crippen LogP contribution in [0.3, 0.4) is 0 Å². The van der Waals surface area contributed by atoms with Gasteiger partial charge in [0.15, 0.2) is 5.96 Å². The number of guanidine groups is 1. The number of aliphatic imine (C=N–C) groups is 1. The SMILES string of the molecule is CCNC(=NCCCOC1CCOCC1)NCCN1CCOCC1. The third kappa shape index (κ3) is 8.28. The van der Waals surface area contributed by atoms with E-state index in [0.29, 0.717) is 6.10 Å². The van der Waals surface area contributed by atoms with Gasteiger partial charge in [-0.05, 0) is 26.2 Å². The van der Waals surface area contributed by atoms with E-state index < -0.39 is 0 Å². The van der Waals surface area contributed by atoms with Crippen LogP contribution >= 0.6 is 0 Å². The summed E-state index contributed by atoms with van der Waals surface area (Å²) in [5, 5.41) is 6.71. The summed E-state index contributed by atoms with van der Waals surface area (Å²) < 4.78 is 16.6. The topological polar surface area (TPSA) is 67.4 Å². The minimum Gasteiger partial charge on any atom is -0.381 e. The van der Waals surface area contributed by atoms with Crippen LogP contribution in [0, 0.1) is 0 Å². The van der Waals surface area contributed by atoms with E-state index in [0.717, 1.165) is 97.5 Å². The highest BCUT2D eigenvalue weighted by atomic mass is 16.5. The van der Waals surface area contributed by atoms with Gasteiger partial charge in [0.1, 0.15) is 0 Å². The number of nitrogens with one attached hydrogen (secondary N) is 2. The molecule has 2 saturated heterocycles. The monoisotopic (exact) mass is 342 g/mol. The Morgan fingerprint density at radius 1 is 1.12 bits per heavy atom. The molecule has 0 amide bonds. The molecule has 2 heterocycles. The quantitative estimate of drug-likeness (QED) is 0.360. The summed E-state index contributed by atoms with van der Waals surface area (Å²) in [4.78, 5) is 7.04. The second-order valence-corrected chi connectivity index (χ2v) is 6.18. The second kappa shape index (κ2) is 12.5. The van der Waals surface area contributed by atoms with Crippen molar-refractivity contribution < 1.29 is 14.2 Å². The fourth-order valence-corrected chi connectivity index (χ4v) is 2.85. The summed E-state index contributed by atoms with van der Waals surface area (Å²) in [7, 11) is 0. The zero-order valence-electron chi connectivity index (χ0n) is 15.1. The van der Waals surface area contributed by atoms with Crippen LogP contribution in [0.2, 0.25) is 0 Å². The molecule has 0 radical (unpaired) electrons. The third-order valence-corrected chi connectivity index (χ3v) is 4.26. The zero-order valence-corrected chi connectivity index (χ0v) is 15.1. The highest BCUT2D eigenvalue weighted by Gasteiger charge is 2.13. The second-order valence-electron chi connectivity index (χ2n) is 6.18. The van der Waals surface area contributed by atoms with Crippen molar-refractivity contribution in [1.29, 1.82) is 0 Å². The molecular weight excluding hydrogens is 308 g/mol. The van der Waals surface area contributed by atoms with E-state index in [2.05, 4.69) is 27.4 Å². The van der Waals surface area contributed by atoms with Crippen molar-refractivity contribution in [1.82, 2.24) is 15.5 Å². The maximum Gasteiger partial charge on any atom is 0.191 e. The molecule has 2 fully saturated rings. The molecule has 2 N–H and O–H groups in total. The summed E-state index contributed by atoms with van der Waals surface area (Å²) in [5.41, 5.74) is 0. The average molecular weight is 342 g/mol. The van der Waals surface area contributed by atoms with Crippen molar-refractivity contribution in [2.45, 2.75) is 32.3 Å². The number of hydrogen-bond acceptors (Lipinski definition) is 5. The van der Waals surface area contributed by atoms with Crippen molar-refractivity contribution in [3.63, 3.8) is 0 Å². The predicted molar refractivity (Wildman–Crippen MR) is 95.7 cm³/mol. The van der Waals surface area contributed by atoms with Crippen LogP contribution < -0.4 is 10.6 Å². The summed E-state index contributed by atoms with van der Waals surface area (Å²) in [6, 6.07) is 0. The molecule has 24 heavy (non-hydrogen) atoms. The highest BCUT2D eigenvalue weighted by Crippen LogP contribution is 2.10. The number of nitrogens with zero attached hydrogens (tertiary/aromatic N) is 2. The van der Waals surface area contributed by atoms with Crippen LogP contribution in [0.5, 0.6) is 0 Å². The van der Waals surface area contributed by atoms with Crippen molar-refractivity contribution in [3.8, 4) is 0 Å². The molecule has 0 aliphatic carbocycles. The molecule has 0 aromatic carbocycles. The van der Waals surface area contributed by atoms with Crippen LogP contribution in [-0.2, 0) is 14.2 Å². The van der Waals surface area contributed by atoms with Crippen LogP contribution in [0.4, 0.5) is 0 Å². The van der Waals surface area contributed by atoms with Crippen molar-refractivity contribution in [3.05, 3.63) is 0 Å². The van der Waals surface area contributed by atoms with Crippen LogP contribution in [0.25, 0.3) is 0 Å². The van der Waals surface area contributed by atoms with Gasteiger partial charge in [0.05, 0.1) is 19.3 Å². The highest BCUT2D eigenvalue weighted by molar-refractivity contribution is 5.79. The first-order chi connectivity index (χ1) is 11.9. The lowest BCUT2D eigenvalue weighted by Crippen LogP contribution is -2.44. The Morgan fingerprint density at radius 3 is 2.62 bits per heavy atom. The summed E-state index contributed by atoms with van der Waals surface area (Å²) >= 11 is 0. The molecule has 2 aliphatic heterocycles. The van der Waals surface area contributed by atoms with Gasteiger partial charge < -0.3 is 24.8 Å². The Kier molecular flexibility index (Phi) is 10.1. The Morgan fingerprint density at radius 2 is 1.88 bits per heavy atom. The van der Waals surface area contributed by atoms with Gasteiger partial charge >= 0.3 is 0 Å². The number of morpholine rings is 1. The molecule has 7 heteroatoms. The fourth-order valence-electron chi connectivity index (χ4n) is 2.85. The van der Waals surface area contributed by atoms with Crippen LogP contribution in [-0.4, -0.2) is 89.3 Å². The summed E-state index contributed by atoms with van der Waals surface area (Å²) in [5.74, 6) is 0.900. The third-order valence-electron chi connectivity index (χ3n) is 4.26. The molecular formula is C17H34N4O3. The first-order valence-electron chi connectivity index (χ1n) is 9.40. The van der Waals surface area contributed by atoms with E-state index in [1.54, 1.807) is 0 Å². The largest absolute Gasteiger partial charge is 0.381 e. The lowest BCUT2D eigenvalue weighted by Gasteiger charge is -2.26. The normalized spacial score (nSPS) is 21.0. The first kappa shape index (κ1) is 19.4. The molecule has 7 nitrogen and oxygen atoms in total. The van der Waals surface area contributed by atoms with E-state index in [1.165, 1.54) is 0 Å².